The number of anilines is 2. The smallest absolute Gasteiger partial charge is 0.262 e. The van der Waals surface area contributed by atoms with Gasteiger partial charge in [-0.1, -0.05) is 11.6 Å². The van der Waals surface area contributed by atoms with E-state index < -0.39 is 21.8 Å². The molecule has 0 saturated carbocycles. The fourth-order valence-electron chi connectivity index (χ4n) is 2.72. The number of hydrogen-bond donors (Lipinski definition) is 3. The Balaban J connectivity index is 1.57. The number of ether oxygens (including phenoxy) is 2. The molecule has 9 nitrogen and oxygen atoms in total. The Morgan fingerprint density at radius 3 is 2.18 bits per heavy atom. The third kappa shape index (κ3) is 6.37. The zero-order valence-electron chi connectivity index (χ0n) is 17.4. The fourth-order valence-corrected chi connectivity index (χ4v) is 4.03. The van der Waals surface area contributed by atoms with Gasteiger partial charge in [0.25, 0.3) is 15.9 Å². The summed E-state index contributed by atoms with van der Waals surface area (Å²) < 4.78 is 38.1. The number of amides is 2. The summed E-state index contributed by atoms with van der Waals surface area (Å²) >= 11 is 6.03. The molecule has 172 valence electrons. The highest BCUT2D eigenvalue weighted by Gasteiger charge is 2.15. The van der Waals surface area contributed by atoms with E-state index in [0.717, 1.165) is 0 Å². The maximum atomic E-state index is 12.6. The van der Waals surface area contributed by atoms with Gasteiger partial charge in [-0.05, 0) is 66.7 Å². The van der Waals surface area contributed by atoms with Crippen LogP contribution in [0.4, 0.5) is 11.4 Å². The Morgan fingerprint density at radius 1 is 0.970 bits per heavy atom. The molecular weight excluding hydrogens is 470 g/mol. The van der Waals surface area contributed by atoms with Crippen molar-refractivity contribution >= 4 is 44.8 Å². The zero-order chi connectivity index (χ0) is 24.0. The third-order valence-electron chi connectivity index (χ3n) is 4.36. The van der Waals surface area contributed by atoms with Gasteiger partial charge in [0.05, 0.1) is 22.7 Å². The molecule has 0 fully saturated rings. The summed E-state index contributed by atoms with van der Waals surface area (Å²) in [6.45, 7) is -0.299. The third-order valence-corrected chi connectivity index (χ3v) is 6.05. The molecule has 0 spiro atoms. The number of halogens is 1. The van der Waals surface area contributed by atoms with Crippen LogP contribution >= 0.6 is 11.6 Å². The van der Waals surface area contributed by atoms with Gasteiger partial charge in [-0.2, -0.15) is 0 Å². The minimum atomic E-state index is -3.87. The van der Waals surface area contributed by atoms with Crippen LogP contribution in [0.15, 0.2) is 71.6 Å². The van der Waals surface area contributed by atoms with Crippen LogP contribution in [0.2, 0.25) is 5.02 Å². The van der Waals surface area contributed by atoms with E-state index in [2.05, 4.69) is 10.0 Å². The second-order valence-electron chi connectivity index (χ2n) is 6.70. The average molecular weight is 490 g/mol. The molecule has 0 aliphatic carbocycles. The molecule has 3 rings (SSSR count). The summed E-state index contributed by atoms with van der Waals surface area (Å²) in [5.74, 6) is -0.269. The van der Waals surface area contributed by atoms with E-state index in [0.29, 0.717) is 22.7 Å². The fraction of sp³-hybridized carbons (Fsp3) is 0.0909. The lowest BCUT2D eigenvalue weighted by molar-refractivity contribution is -0.118. The number of nitrogens with one attached hydrogen (secondary N) is 2. The summed E-state index contributed by atoms with van der Waals surface area (Å²) in [5, 5.41) is 2.88. The summed E-state index contributed by atoms with van der Waals surface area (Å²) in [6, 6.07) is 16.2. The van der Waals surface area contributed by atoms with Crippen LogP contribution in [-0.4, -0.2) is 33.9 Å². The Hall–Kier alpha value is -3.76. The number of benzene rings is 3. The highest BCUT2D eigenvalue weighted by molar-refractivity contribution is 7.92. The summed E-state index contributed by atoms with van der Waals surface area (Å²) in [6.07, 6.45) is 0. The predicted molar refractivity (Wildman–Crippen MR) is 124 cm³/mol. The molecule has 11 heteroatoms. The van der Waals surface area contributed by atoms with E-state index in [-0.39, 0.29) is 22.2 Å². The van der Waals surface area contributed by atoms with E-state index >= 15 is 0 Å². The van der Waals surface area contributed by atoms with Crippen LogP contribution in [0.3, 0.4) is 0 Å². The van der Waals surface area contributed by atoms with Gasteiger partial charge in [0.15, 0.2) is 6.61 Å². The number of nitrogens with two attached hydrogens (primary N) is 1. The Morgan fingerprint density at radius 2 is 1.61 bits per heavy atom. The van der Waals surface area contributed by atoms with Crippen molar-refractivity contribution in [3.05, 3.63) is 77.3 Å². The van der Waals surface area contributed by atoms with Crippen LogP contribution in [0, 0.1) is 0 Å². The second-order valence-corrected chi connectivity index (χ2v) is 8.79. The van der Waals surface area contributed by atoms with Crippen molar-refractivity contribution in [1.82, 2.24) is 0 Å². The largest absolute Gasteiger partial charge is 0.495 e. The lowest BCUT2D eigenvalue weighted by Gasteiger charge is -2.11. The molecule has 0 unspecified atom stereocenters. The van der Waals surface area contributed by atoms with Gasteiger partial charge in [0.1, 0.15) is 11.5 Å². The maximum absolute atomic E-state index is 12.6. The quantitative estimate of drug-likeness (QED) is 0.422. The van der Waals surface area contributed by atoms with E-state index in [4.69, 9.17) is 26.8 Å². The number of rotatable bonds is 9. The summed E-state index contributed by atoms with van der Waals surface area (Å²) in [7, 11) is -2.41. The Kier molecular flexibility index (Phi) is 7.41. The lowest BCUT2D eigenvalue weighted by Crippen LogP contribution is -2.20. The van der Waals surface area contributed by atoms with Crippen LogP contribution in [0.25, 0.3) is 0 Å². The molecule has 0 aliphatic heterocycles. The van der Waals surface area contributed by atoms with Crippen molar-refractivity contribution in [2.24, 2.45) is 5.73 Å². The van der Waals surface area contributed by atoms with Gasteiger partial charge in [-0.3, -0.25) is 14.3 Å². The molecule has 3 aromatic rings. The highest BCUT2D eigenvalue weighted by Crippen LogP contribution is 2.28. The van der Waals surface area contributed by atoms with Gasteiger partial charge < -0.3 is 20.5 Å². The number of carbonyl (C=O) groups is 2. The van der Waals surface area contributed by atoms with Crippen LogP contribution < -0.4 is 25.2 Å². The average Bonchev–Trinajstić information content (AvgIpc) is 2.78. The number of methoxy groups -OCH3 is 1. The first-order valence-electron chi connectivity index (χ1n) is 9.47. The maximum Gasteiger partial charge on any atom is 0.262 e. The van der Waals surface area contributed by atoms with E-state index in [1.165, 1.54) is 55.6 Å². The minimum Gasteiger partial charge on any atom is -0.495 e. The van der Waals surface area contributed by atoms with Crippen molar-refractivity contribution < 1.29 is 27.5 Å². The second kappa shape index (κ2) is 10.2. The van der Waals surface area contributed by atoms with Gasteiger partial charge in [-0.25, -0.2) is 8.42 Å². The molecule has 0 heterocycles. The van der Waals surface area contributed by atoms with Crippen LogP contribution in [-0.2, 0) is 14.8 Å². The molecule has 0 aliphatic rings. The number of sulfonamides is 1. The molecule has 2 amide bonds. The topological polar surface area (TPSA) is 137 Å². The molecule has 0 atom stereocenters. The summed E-state index contributed by atoms with van der Waals surface area (Å²) in [5.41, 5.74) is 6.25. The minimum absolute atomic E-state index is 0.000725. The molecule has 33 heavy (non-hydrogen) atoms. The van der Waals surface area contributed by atoms with Gasteiger partial charge in [0.2, 0.25) is 5.91 Å². The van der Waals surface area contributed by atoms with Gasteiger partial charge in [-0.15, -0.1) is 0 Å². The predicted octanol–water partition coefficient (Wildman–Crippen LogP) is 3.27. The standard InChI is InChI=1S/C22H20ClN3O6S/c1-31-20-11-6-16(12-19(20)23)26-33(29,30)18-9-7-17(8-10-18)32-13-21(27)25-15-4-2-14(3-5-15)22(24)28/h2-12,26H,13H2,1H3,(H2,24,28)(H,25,27). The van der Waals surface area contributed by atoms with Crippen molar-refractivity contribution in [2.45, 2.75) is 4.90 Å². The monoisotopic (exact) mass is 489 g/mol. The van der Waals surface area contributed by atoms with Crippen molar-refractivity contribution in [3.63, 3.8) is 0 Å². The van der Waals surface area contributed by atoms with Crippen molar-refractivity contribution in [1.29, 1.82) is 0 Å². The molecule has 3 aromatic carbocycles. The molecule has 0 saturated heterocycles. The molecule has 4 N–H and O–H groups in total. The highest BCUT2D eigenvalue weighted by atomic mass is 35.5. The van der Waals surface area contributed by atoms with Gasteiger partial charge >= 0.3 is 0 Å². The first kappa shape index (κ1) is 23.9. The van der Waals surface area contributed by atoms with Crippen LogP contribution in [0.1, 0.15) is 10.4 Å². The molecular formula is C22H20ClN3O6S. The first-order chi connectivity index (χ1) is 15.7. The SMILES string of the molecule is COc1ccc(NS(=O)(=O)c2ccc(OCC(=O)Nc3ccc(C(N)=O)cc3)cc2)cc1Cl. The van der Waals surface area contributed by atoms with E-state index in [1.54, 1.807) is 18.2 Å². The van der Waals surface area contributed by atoms with E-state index in [9.17, 15) is 18.0 Å². The normalized spacial score (nSPS) is 10.8. The van der Waals surface area contributed by atoms with E-state index in [1.807, 2.05) is 0 Å². The lowest BCUT2D eigenvalue weighted by atomic mass is 10.2. The molecule has 0 radical (unpaired) electrons. The zero-order valence-corrected chi connectivity index (χ0v) is 18.9. The van der Waals surface area contributed by atoms with Crippen molar-refractivity contribution in [3.8, 4) is 11.5 Å². The number of carbonyl (C=O) groups excluding carboxylic acids is 2. The molecule has 0 bridgehead atoms. The van der Waals surface area contributed by atoms with Crippen molar-refractivity contribution in [2.75, 3.05) is 23.8 Å². The Labute approximate surface area is 195 Å². The summed E-state index contributed by atoms with van der Waals surface area (Å²) in [4.78, 5) is 23.1. The number of primary amides is 1. The van der Waals surface area contributed by atoms with Gasteiger partial charge in [0, 0.05) is 11.3 Å². The molecule has 0 aromatic heterocycles. The number of hydrogen-bond acceptors (Lipinski definition) is 6. The first-order valence-corrected chi connectivity index (χ1v) is 11.3. The van der Waals surface area contributed by atoms with Crippen LogP contribution in [0.5, 0.6) is 11.5 Å². The Bertz CT molecular complexity index is 1260.